The Morgan fingerprint density at radius 3 is 2.85 bits per heavy atom. The predicted octanol–water partition coefficient (Wildman–Crippen LogP) is 3.10. The van der Waals surface area contributed by atoms with Crippen molar-refractivity contribution in [2.45, 2.75) is 38.4 Å². The van der Waals surface area contributed by atoms with Gasteiger partial charge in [-0.25, -0.2) is 0 Å². The van der Waals surface area contributed by atoms with Gasteiger partial charge in [0, 0.05) is 17.7 Å². The molecule has 0 amide bonds. The lowest BCUT2D eigenvalue weighted by atomic mass is 9.85. The summed E-state index contributed by atoms with van der Waals surface area (Å²) in [7, 11) is 0. The first-order chi connectivity index (χ1) is 9.66. The highest BCUT2D eigenvalue weighted by atomic mass is 16.5. The zero-order valence-electron chi connectivity index (χ0n) is 11.8. The third kappa shape index (κ3) is 2.73. The monoisotopic (exact) mass is 269 g/mol. The molecule has 3 nitrogen and oxygen atoms in total. The lowest BCUT2D eigenvalue weighted by Crippen LogP contribution is -2.37. The van der Waals surface area contributed by atoms with Gasteiger partial charge in [-0.05, 0) is 31.4 Å². The molecule has 0 N–H and O–H groups in total. The lowest BCUT2D eigenvalue weighted by Gasteiger charge is -2.31. The first-order valence-corrected chi connectivity index (χ1v) is 7.14. The van der Waals surface area contributed by atoms with Crippen LogP contribution in [0.3, 0.4) is 0 Å². The van der Waals surface area contributed by atoms with E-state index in [0.29, 0.717) is 19.6 Å². The average molecular weight is 269 g/mol. The first kappa shape index (κ1) is 13.3. The van der Waals surface area contributed by atoms with Crippen molar-refractivity contribution in [2.24, 2.45) is 4.99 Å². The minimum atomic E-state index is -0.471. The smallest absolute Gasteiger partial charge is 0.164 e. The molecule has 3 rings (SSSR count). The Balaban J connectivity index is 1.73. The lowest BCUT2D eigenvalue weighted by molar-refractivity contribution is -0.115. The number of aliphatic imine (C=N–C) groups is 1. The summed E-state index contributed by atoms with van der Waals surface area (Å²) in [6, 6.07) is 10.1. The molecule has 0 aromatic heterocycles. The van der Waals surface area contributed by atoms with Crippen LogP contribution in [0.1, 0.15) is 31.7 Å². The molecule has 1 aliphatic carbocycles. The normalized spacial score (nSPS) is 25.8. The maximum Gasteiger partial charge on any atom is 0.164 e. The van der Waals surface area contributed by atoms with Gasteiger partial charge in [-0.1, -0.05) is 30.3 Å². The van der Waals surface area contributed by atoms with Crippen LogP contribution >= 0.6 is 0 Å². The van der Waals surface area contributed by atoms with Gasteiger partial charge in [-0.15, -0.1) is 0 Å². The third-order valence-corrected chi connectivity index (χ3v) is 3.87. The van der Waals surface area contributed by atoms with Crippen LogP contribution in [0.15, 0.2) is 47.0 Å². The second kappa shape index (κ2) is 5.33. The molecular formula is C17H19NO2. The number of ketones is 1. The molecular weight excluding hydrogens is 250 g/mol. The van der Waals surface area contributed by atoms with Crippen LogP contribution in [0.2, 0.25) is 0 Å². The molecule has 0 saturated heterocycles. The molecule has 0 spiro atoms. The summed E-state index contributed by atoms with van der Waals surface area (Å²) in [5.41, 5.74) is 2.43. The summed E-state index contributed by atoms with van der Waals surface area (Å²) < 4.78 is 6.02. The topological polar surface area (TPSA) is 38.7 Å². The molecule has 0 bridgehead atoms. The van der Waals surface area contributed by atoms with Gasteiger partial charge in [0.2, 0.25) is 0 Å². The van der Waals surface area contributed by atoms with Gasteiger partial charge < -0.3 is 4.74 Å². The van der Waals surface area contributed by atoms with Crippen LogP contribution in [-0.4, -0.2) is 23.6 Å². The average Bonchev–Trinajstić information content (AvgIpc) is 2.48. The molecule has 3 heteroatoms. The van der Waals surface area contributed by atoms with E-state index in [0.717, 1.165) is 29.7 Å². The molecule has 1 aliphatic heterocycles. The van der Waals surface area contributed by atoms with Gasteiger partial charge in [0.1, 0.15) is 5.60 Å². The molecule has 1 heterocycles. The van der Waals surface area contributed by atoms with E-state index < -0.39 is 5.60 Å². The van der Waals surface area contributed by atoms with Crippen LogP contribution in [0.25, 0.3) is 0 Å². The minimum absolute atomic E-state index is 0.212. The number of hydrogen-bond donors (Lipinski definition) is 0. The molecule has 0 radical (unpaired) electrons. The van der Waals surface area contributed by atoms with E-state index in [1.54, 1.807) is 0 Å². The predicted molar refractivity (Wildman–Crippen MR) is 78.9 cm³/mol. The summed E-state index contributed by atoms with van der Waals surface area (Å²) >= 11 is 0. The number of dihydropyridines is 1. The van der Waals surface area contributed by atoms with Crippen LogP contribution < -0.4 is 0 Å². The van der Waals surface area contributed by atoms with Gasteiger partial charge in [-0.3, -0.25) is 9.79 Å². The number of rotatable bonds is 3. The molecule has 104 valence electrons. The third-order valence-electron chi connectivity index (χ3n) is 3.87. The van der Waals surface area contributed by atoms with Crippen LogP contribution in [-0.2, 0) is 16.1 Å². The van der Waals surface area contributed by atoms with Crippen molar-refractivity contribution in [2.75, 3.05) is 6.54 Å². The van der Waals surface area contributed by atoms with Gasteiger partial charge in [-0.2, -0.15) is 0 Å². The van der Waals surface area contributed by atoms with E-state index in [1.165, 1.54) is 0 Å². The van der Waals surface area contributed by atoms with E-state index in [1.807, 2.05) is 43.3 Å². The Morgan fingerprint density at radius 2 is 2.05 bits per heavy atom. The first-order valence-electron chi connectivity index (χ1n) is 7.14. The highest BCUT2D eigenvalue weighted by Crippen LogP contribution is 2.28. The zero-order valence-corrected chi connectivity index (χ0v) is 11.8. The second-order valence-corrected chi connectivity index (χ2v) is 5.68. The van der Waals surface area contributed by atoms with Crippen molar-refractivity contribution in [1.82, 2.24) is 0 Å². The summed E-state index contributed by atoms with van der Waals surface area (Å²) in [5, 5.41) is 0. The molecule has 1 aromatic rings. The van der Waals surface area contributed by atoms with Gasteiger partial charge in [0.15, 0.2) is 5.78 Å². The number of carbonyl (C=O) groups excluding carboxylic acids is 1. The van der Waals surface area contributed by atoms with Crippen molar-refractivity contribution in [3.05, 3.63) is 47.5 Å². The largest absolute Gasteiger partial charge is 0.365 e. The molecule has 1 atom stereocenters. The Kier molecular flexibility index (Phi) is 3.53. The number of hydrogen-bond acceptors (Lipinski definition) is 3. The van der Waals surface area contributed by atoms with E-state index in [2.05, 4.69) is 4.99 Å². The van der Waals surface area contributed by atoms with E-state index in [-0.39, 0.29) is 5.78 Å². The maximum atomic E-state index is 12.0. The standard InChI is InChI=1S/C17H19NO2/c1-17(20-11-13-6-3-2-4-7-13)10-14-15(18-12-17)8-5-9-16(14)19/h2-4,6-7,10H,5,8-9,11-12H2,1H3. The van der Waals surface area contributed by atoms with Crippen molar-refractivity contribution in [3.8, 4) is 0 Å². The van der Waals surface area contributed by atoms with Crippen molar-refractivity contribution in [3.63, 3.8) is 0 Å². The Hall–Kier alpha value is -1.74. The zero-order chi connectivity index (χ0) is 14.0. The van der Waals surface area contributed by atoms with E-state index in [9.17, 15) is 4.79 Å². The van der Waals surface area contributed by atoms with Crippen molar-refractivity contribution < 1.29 is 9.53 Å². The highest BCUT2D eigenvalue weighted by Gasteiger charge is 2.32. The number of ether oxygens (including phenoxy) is 1. The van der Waals surface area contributed by atoms with E-state index >= 15 is 0 Å². The van der Waals surface area contributed by atoms with Gasteiger partial charge in [0.05, 0.1) is 13.2 Å². The fourth-order valence-electron chi connectivity index (χ4n) is 2.69. The molecule has 1 aromatic carbocycles. The van der Waals surface area contributed by atoms with Crippen molar-refractivity contribution >= 4 is 11.5 Å². The molecule has 1 fully saturated rings. The molecule has 2 aliphatic rings. The summed E-state index contributed by atoms with van der Waals surface area (Å²) in [4.78, 5) is 16.6. The number of allylic oxidation sites excluding steroid dienone is 1. The Bertz CT molecular complexity index is 574. The minimum Gasteiger partial charge on any atom is -0.365 e. The molecule has 1 saturated carbocycles. The van der Waals surface area contributed by atoms with Gasteiger partial charge >= 0.3 is 0 Å². The number of Topliss-reactive ketones (excluding diaryl/α,β-unsaturated/α-hetero) is 1. The van der Waals surface area contributed by atoms with Crippen LogP contribution in [0, 0.1) is 0 Å². The fourth-order valence-corrected chi connectivity index (χ4v) is 2.69. The highest BCUT2D eigenvalue weighted by molar-refractivity contribution is 6.24. The maximum absolute atomic E-state index is 12.0. The number of carbonyl (C=O) groups is 1. The quantitative estimate of drug-likeness (QED) is 0.845. The van der Waals surface area contributed by atoms with E-state index in [4.69, 9.17) is 4.74 Å². The van der Waals surface area contributed by atoms with Crippen molar-refractivity contribution in [1.29, 1.82) is 0 Å². The van der Waals surface area contributed by atoms with Crippen LogP contribution in [0.5, 0.6) is 0 Å². The summed E-state index contributed by atoms with van der Waals surface area (Å²) in [6.45, 7) is 3.15. The summed E-state index contributed by atoms with van der Waals surface area (Å²) in [6.07, 6.45) is 4.47. The summed E-state index contributed by atoms with van der Waals surface area (Å²) in [5.74, 6) is 0.212. The molecule has 1 unspecified atom stereocenters. The van der Waals surface area contributed by atoms with Gasteiger partial charge in [0.25, 0.3) is 0 Å². The number of fused-ring (bicyclic) bond motifs is 1. The number of benzene rings is 1. The fraction of sp³-hybridized carbons (Fsp3) is 0.412. The number of nitrogens with zero attached hydrogens (tertiary/aromatic N) is 1. The van der Waals surface area contributed by atoms with Crippen LogP contribution in [0.4, 0.5) is 0 Å². The molecule has 20 heavy (non-hydrogen) atoms. The Labute approximate surface area is 119 Å². The SMILES string of the molecule is CC1(OCc2ccccc2)C=C2C(=O)CCCC2=NC1. The Morgan fingerprint density at radius 1 is 1.25 bits per heavy atom. The second-order valence-electron chi connectivity index (χ2n) is 5.68.